The van der Waals surface area contributed by atoms with E-state index in [1.807, 2.05) is 0 Å². The van der Waals surface area contributed by atoms with Crippen LogP contribution in [0.2, 0.25) is 10.0 Å². The van der Waals surface area contributed by atoms with E-state index in [1.165, 1.54) is 257 Å². The van der Waals surface area contributed by atoms with Gasteiger partial charge >= 0.3 is 47.8 Å². The van der Waals surface area contributed by atoms with Crippen LogP contribution in [-0.4, -0.2) is 126 Å². The van der Waals surface area contributed by atoms with Gasteiger partial charge < -0.3 is 74.4 Å². The van der Waals surface area contributed by atoms with Gasteiger partial charge in [0.15, 0.2) is 0 Å². The van der Waals surface area contributed by atoms with E-state index < -0.39 is 47.8 Å². The molecule has 0 unspecified atom stereocenters. The Morgan fingerprint density at radius 2 is 0.354 bits per heavy atom. The molecule has 0 aliphatic carbocycles. The molecule has 0 atom stereocenters. The maximum absolute atomic E-state index is 10.1. The van der Waals surface area contributed by atoms with Crippen LogP contribution < -0.4 is 33.6 Å². The molecule has 0 saturated heterocycles. The minimum Gasteiger partial charge on any atom is -0.481 e. The summed E-state index contributed by atoms with van der Waals surface area (Å²) >= 11 is 11.7. The molecule has 0 spiro atoms. The largest absolute Gasteiger partial charge is 0.481 e. The van der Waals surface area contributed by atoms with Crippen molar-refractivity contribution in [3.8, 4) is 0 Å². The van der Waals surface area contributed by atoms with Crippen molar-refractivity contribution in [2.75, 3.05) is 23.7 Å². The Labute approximate surface area is 798 Å². The van der Waals surface area contributed by atoms with E-state index >= 15 is 0 Å². The van der Waals surface area contributed by atoms with Crippen molar-refractivity contribution >= 4 is 106 Å². The highest BCUT2D eigenvalue weighted by Crippen LogP contribution is 2.18. The summed E-state index contributed by atoms with van der Waals surface area (Å²) < 4.78 is 0. The number of guanidine groups is 4. The number of nitrogens with one attached hydrogen (secondary N) is 2. The first kappa shape index (κ1) is 135. The van der Waals surface area contributed by atoms with Gasteiger partial charge in [-0.2, -0.15) is 9.98 Å². The molecule has 2 aromatic rings. The lowest BCUT2D eigenvalue weighted by Gasteiger charge is -2.05. The topological polar surface area (TPSA) is 476 Å². The molecule has 0 aliphatic heterocycles. The normalized spacial score (nSPS) is 10.9. The minimum atomic E-state index is -0.663. The number of anilines is 2. The van der Waals surface area contributed by atoms with Crippen LogP contribution >= 0.6 is 23.2 Å². The van der Waals surface area contributed by atoms with E-state index in [1.54, 1.807) is 48.5 Å². The molecule has 0 aromatic heterocycles. The van der Waals surface area contributed by atoms with Crippen LogP contribution in [0.5, 0.6) is 0 Å². The predicted molar refractivity (Wildman–Crippen MR) is 547 cm³/mol. The quantitative estimate of drug-likeness (QED) is 0.0166. The number of aliphatic imine (C=N–C) groups is 4. The average Bonchev–Trinajstić information content (AvgIpc) is 0.915. The maximum atomic E-state index is 10.1. The van der Waals surface area contributed by atoms with Crippen LogP contribution in [-0.2, 0) is 38.4 Å². The lowest BCUT2D eigenvalue weighted by Crippen LogP contribution is -2.26. The summed E-state index contributed by atoms with van der Waals surface area (Å²) in [7, 11) is 0. The fraction of sp³-hybridized carbons (Fsp3) is 0.765. The molecule has 0 aliphatic rings. The molecular weight excluding hydrogens is 1690 g/mol. The zero-order valence-electron chi connectivity index (χ0n) is 82.8. The molecule has 26 nitrogen and oxygen atoms in total. The molecule has 0 bridgehead atoms. The van der Waals surface area contributed by atoms with Crippen molar-refractivity contribution in [1.29, 1.82) is 0 Å². The zero-order valence-corrected chi connectivity index (χ0v) is 84.3. The number of halogens is 2. The van der Waals surface area contributed by atoms with Crippen LogP contribution in [0.15, 0.2) is 68.5 Å². The number of unbranched alkanes of at least 4 members (excludes halogenated alkanes) is 51. The second-order valence-corrected chi connectivity index (χ2v) is 34.1. The second-order valence-electron chi connectivity index (χ2n) is 33.3. The van der Waals surface area contributed by atoms with E-state index in [4.69, 9.17) is 87.0 Å². The van der Waals surface area contributed by atoms with Crippen LogP contribution in [0.3, 0.4) is 0 Å². The van der Waals surface area contributed by atoms with Gasteiger partial charge in [-0.25, -0.2) is 0 Å². The Morgan fingerprint density at radius 1 is 0.223 bits per heavy atom. The number of carboxylic acid groups (broad SMARTS) is 8. The third-order valence-corrected chi connectivity index (χ3v) is 20.8. The van der Waals surface area contributed by atoms with E-state index in [0.717, 1.165) is 140 Å². The van der Waals surface area contributed by atoms with E-state index in [-0.39, 0.29) is 23.8 Å². The number of hydrogen-bond acceptors (Lipinski definition) is 10. The van der Waals surface area contributed by atoms with Crippen molar-refractivity contribution in [3.05, 3.63) is 58.6 Å². The summed E-state index contributed by atoms with van der Waals surface area (Å²) in [5, 5.41) is 73.9. The molecule has 18 N–H and O–H groups in total. The molecule has 0 radical (unpaired) electrons. The maximum Gasteiger partial charge on any atom is 0.303 e. The molecule has 2 rings (SSSR count). The molecule has 130 heavy (non-hydrogen) atoms. The van der Waals surface area contributed by atoms with Crippen molar-refractivity contribution < 1.29 is 79.2 Å². The first-order chi connectivity index (χ1) is 62.5. The van der Waals surface area contributed by atoms with Gasteiger partial charge in [0.05, 0.1) is 0 Å². The molecule has 0 heterocycles. The van der Waals surface area contributed by atoms with Gasteiger partial charge in [0.1, 0.15) is 0 Å². The number of benzene rings is 2. The molecule has 0 saturated carbocycles. The molecule has 2 aromatic carbocycles. The number of carbonyl (C=O) groups is 8. The van der Waals surface area contributed by atoms with Gasteiger partial charge in [-0.15, -0.1) is 0 Å². The summed E-state index contributed by atoms with van der Waals surface area (Å²) in [6.45, 7) is 18.7. The Hall–Kier alpha value is -7.74. The molecule has 758 valence electrons. The SMILES string of the molecule is CCCCCCCCCC(=O)O.CCCCCCCCCC(=O)O.CCCCCCCCCC(=O)O.CCCCCCCCCC(=O)O.CCCCCCCCCC(=O)O.CCCCCCCCCC(=O)O.CCCCCCCCCC(=O)O.CCCCCCCCCC(=O)O.NC(=NCCCCCCN=C(N)N=C(N)Nc1ccc(Cl)cc1)N=C(N)Nc1ccc(Cl)cc1. The van der Waals surface area contributed by atoms with Gasteiger partial charge in [-0.3, -0.25) is 48.3 Å². The van der Waals surface area contributed by atoms with Crippen LogP contribution in [0.4, 0.5) is 11.4 Å². The molecule has 0 amide bonds. The van der Waals surface area contributed by atoms with Crippen LogP contribution in [0.1, 0.15) is 492 Å². The monoisotopic (exact) mass is 1880 g/mol. The Morgan fingerprint density at radius 3 is 0.492 bits per heavy atom. The standard InChI is InChI=1S/C22H30Cl2N10.8C10H20O2/c23-15-5-9-17(10-6-15)31-21(27)33-19(25)29-13-3-1-2-4-14-30-20(26)34-22(28)32-18-11-7-16(24)8-12-18;8*1-2-3-4-5-6-7-8-9-10(11)12/h5-12H,1-4,13-14H2,(H5,25,27,29,31,33)(H5,26,28,30,32,34);8*2-9H2,1H3,(H,11,12). The lowest BCUT2D eigenvalue weighted by atomic mass is 10.1. The van der Waals surface area contributed by atoms with Gasteiger partial charge in [-0.1, -0.05) is 400 Å². The van der Waals surface area contributed by atoms with Crippen LogP contribution in [0, 0.1) is 0 Å². The summed E-state index contributed by atoms with van der Waals surface area (Å²) in [5.41, 5.74) is 24.8. The predicted octanol–water partition coefficient (Wildman–Crippen LogP) is 29.0. The highest BCUT2D eigenvalue weighted by atomic mass is 35.5. The first-order valence-electron chi connectivity index (χ1n) is 50.6. The number of hydrogen-bond donors (Lipinski definition) is 14. The molecule has 0 fully saturated rings. The number of rotatable bonds is 73. The number of nitrogens with two attached hydrogens (primary N) is 4. The number of aliphatic carboxylic acids is 8. The van der Waals surface area contributed by atoms with Crippen molar-refractivity contribution in [2.24, 2.45) is 42.9 Å². The van der Waals surface area contributed by atoms with E-state index in [9.17, 15) is 38.4 Å². The lowest BCUT2D eigenvalue weighted by molar-refractivity contribution is -0.138. The van der Waals surface area contributed by atoms with Crippen molar-refractivity contribution in [3.63, 3.8) is 0 Å². The minimum absolute atomic E-state index is 0.124. The average molecular weight is 1880 g/mol. The molecular formula is C102H190Cl2N10O16. The second kappa shape index (κ2) is 114. The van der Waals surface area contributed by atoms with Crippen LogP contribution in [0.25, 0.3) is 0 Å². The Balaban J connectivity index is -0.000000273. The Kier molecular flexibility index (Phi) is 118. The Bertz CT molecular complexity index is 2570. The first-order valence-corrected chi connectivity index (χ1v) is 51.3. The number of nitrogens with zero attached hydrogens (tertiary/aromatic N) is 4. The summed E-state index contributed by atoms with van der Waals surface area (Å²) in [5.74, 6) is -4.74. The van der Waals surface area contributed by atoms with E-state index in [2.05, 4.69) is 86.0 Å². The smallest absolute Gasteiger partial charge is 0.303 e. The summed E-state index contributed by atoms with van der Waals surface area (Å²) in [4.78, 5) is 97.6. The molecule has 28 heteroatoms. The zero-order chi connectivity index (χ0) is 98.6. The van der Waals surface area contributed by atoms with Gasteiger partial charge in [-0.05, 0) is 113 Å². The van der Waals surface area contributed by atoms with E-state index in [0.29, 0.717) is 74.5 Å². The van der Waals surface area contributed by atoms with Crippen molar-refractivity contribution in [1.82, 2.24) is 0 Å². The highest BCUT2D eigenvalue weighted by molar-refractivity contribution is 6.31. The van der Waals surface area contributed by atoms with Crippen molar-refractivity contribution in [2.45, 2.75) is 492 Å². The third-order valence-electron chi connectivity index (χ3n) is 20.3. The van der Waals surface area contributed by atoms with Gasteiger partial charge in [0, 0.05) is 85.9 Å². The summed E-state index contributed by atoms with van der Waals surface area (Å²) in [6, 6.07) is 14.1. The highest BCUT2D eigenvalue weighted by Gasteiger charge is 2.06. The van der Waals surface area contributed by atoms with Gasteiger partial charge in [0.25, 0.3) is 0 Å². The fourth-order valence-electron chi connectivity index (χ4n) is 12.6. The number of carboxylic acids is 8. The van der Waals surface area contributed by atoms with Gasteiger partial charge in [0.2, 0.25) is 23.8 Å². The third kappa shape index (κ3) is 138. The fourth-order valence-corrected chi connectivity index (χ4v) is 12.8. The summed E-state index contributed by atoms with van der Waals surface area (Å²) in [6.07, 6.45) is 72.8.